The minimum Gasteiger partial charge on any atom is -0.425 e. The minimum absolute atomic E-state index is 0.0456. The largest absolute Gasteiger partial charge is 0.425 e. The normalized spacial score (nSPS) is 11.7. The second-order valence-electron chi connectivity index (χ2n) is 8.31. The van der Waals surface area contributed by atoms with Crippen molar-refractivity contribution in [1.82, 2.24) is 0 Å². The first-order valence-corrected chi connectivity index (χ1v) is 13.0. The highest BCUT2D eigenvalue weighted by Crippen LogP contribution is 2.26. The Balaban J connectivity index is 2.45. The minimum atomic E-state index is -3.95. The van der Waals surface area contributed by atoms with E-state index in [0.717, 1.165) is 38.5 Å². The molecule has 1 aromatic rings. The van der Waals surface area contributed by atoms with Crippen LogP contribution in [-0.4, -0.2) is 21.0 Å². The number of carbonyl (C=O) groups is 1. The van der Waals surface area contributed by atoms with Crippen molar-refractivity contribution in [3.05, 3.63) is 24.3 Å². The second-order valence-corrected chi connectivity index (χ2v) is 9.90. The van der Waals surface area contributed by atoms with E-state index < -0.39 is 16.1 Å². The Labute approximate surface area is 183 Å². The van der Waals surface area contributed by atoms with E-state index >= 15 is 0 Å². The van der Waals surface area contributed by atoms with Gasteiger partial charge in [-0.1, -0.05) is 90.7 Å². The molecule has 0 fully saturated rings. The van der Waals surface area contributed by atoms with Gasteiger partial charge < -0.3 is 4.74 Å². The van der Waals surface area contributed by atoms with Gasteiger partial charge in [0.1, 0.15) is 4.90 Å². The van der Waals surface area contributed by atoms with E-state index in [1.54, 1.807) is 12.1 Å². The fourth-order valence-electron chi connectivity index (χ4n) is 3.20. The second kappa shape index (κ2) is 15.4. The van der Waals surface area contributed by atoms with Crippen molar-refractivity contribution >= 4 is 16.1 Å². The van der Waals surface area contributed by atoms with Crippen LogP contribution in [0.25, 0.3) is 0 Å². The van der Waals surface area contributed by atoms with Gasteiger partial charge in [-0.2, -0.15) is 8.42 Å². The van der Waals surface area contributed by atoms with E-state index in [1.807, 2.05) is 0 Å². The molecule has 6 heteroatoms. The summed E-state index contributed by atoms with van der Waals surface area (Å²) >= 11 is 0. The maximum atomic E-state index is 12.6. The lowest BCUT2D eigenvalue weighted by Gasteiger charge is -2.11. The molecule has 172 valence electrons. The quantitative estimate of drug-likeness (QED) is 0.117. The summed E-state index contributed by atoms with van der Waals surface area (Å²) < 4.78 is 35.6. The molecule has 0 heterocycles. The predicted octanol–water partition coefficient (Wildman–Crippen LogP) is 6.65. The molecular formula is C24H40O5S. The van der Waals surface area contributed by atoms with E-state index in [-0.39, 0.29) is 23.7 Å². The molecule has 0 aromatic heterocycles. The van der Waals surface area contributed by atoms with E-state index in [9.17, 15) is 13.2 Å². The summed E-state index contributed by atoms with van der Waals surface area (Å²) in [7, 11) is -3.95. The molecule has 1 rings (SSSR count). The predicted molar refractivity (Wildman–Crippen MR) is 121 cm³/mol. The van der Waals surface area contributed by atoms with Gasteiger partial charge in [-0.05, 0) is 30.9 Å². The van der Waals surface area contributed by atoms with Gasteiger partial charge in [-0.3, -0.25) is 8.98 Å². The molecule has 0 saturated heterocycles. The van der Waals surface area contributed by atoms with Gasteiger partial charge in [0.05, 0.1) is 6.61 Å². The number of hydrogen-bond acceptors (Lipinski definition) is 5. The molecule has 0 radical (unpaired) electrons. The summed E-state index contributed by atoms with van der Waals surface area (Å²) in [6.45, 7) is 6.69. The third-order valence-corrected chi connectivity index (χ3v) is 6.34. The molecule has 0 aliphatic rings. The van der Waals surface area contributed by atoms with Crippen molar-refractivity contribution < 1.29 is 22.1 Å². The van der Waals surface area contributed by atoms with Gasteiger partial charge in [0, 0.05) is 6.42 Å². The van der Waals surface area contributed by atoms with Crippen molar-refractivity contribution in [2.45, 2.75) is 103 Å². The first-order valence-electron chi connectivity index (χ1n) is 11.6. The monoisotopic (exact) mass is 440 g/mol. The van der Waals surface area contributed by atoms with Gasteiger partial charge in [0.2, 0.25) is 0 Å². The summed E-state index contributed by atoms with van der Waals surface area (Å²) in [4.78, 5) is 12.1. The molecule has 1 aromatic carbocycles. The van der Waals surface area contributed by atoms with E-state index in [0.29, 0.717) is 12.3 Å². The topological polar surface area (TPSA) is 69.7 Å². The third-order valence-electron chi connectivity index (χ3n) is 4.99. The van der Waals surface area contributed by atoms with E-state index in [2.05, 4.69) is 20.8 Å². The molecule has 0 spiro atoms. The Morgan fingerprint density at radius 1 is 0.900 bits per heavy atom. The van der Waals surface area contributed by atoms with E-state index in [4.69, 9.17) is 8.92 Å². The SMILES string of the molecule is CCCCCCCCCOS(=O)(=O)c1ccccc1OC(=O)CCCCCC(C)C. The molecule has 30 heavy (non-hydrogen) atoms. The zero-order chi connectivity index (χ0) is 22.2. The van der Waals surface area contributed by atoms with Gasteiger partial charge in [0.15, 0.2) is 5.75 Å². The molecule has 0 aliphatic heterocycles. The molecule has 0 aliphatic carbocycles. The number of para-hydroxylation sites is 1. The van der Waals surface area contributed by atoms with Gasteiger partial charge >= 0.3 is 16.1 Å². The summed E-state index contributed by atoms with van der Waals surface area (Å²) in [6.07, 6.45) is 11.8. The maximum Gasteiger partial charge on any atom is 0.311 e. The van der Waals surface area contributed by atoms with Crippen LogP contribution < -0.4 is 4.74 Å². The Kier molecular flexibility index (Phi) is 13.7. The van der Waals surface area contributed by atoms with Crippen LogP contribution in [0.1, 0.15) is 97.8 Å². The van der Waals surface area contributed by atoms with Crippen LogP contribution in [0.3, 0.4) is 0 Å². The highest BCUT2D eigenvalue weighted by molar-refractivity contribution is 7.86. The number of esters is 1. The van der Waals surface area contributed by atoms with Crippen LogP contribution in [-0.2, 0) is 19.1 Å². The average Bonchev–Trinajstić information content (AvgIpc) is 2.69. The lowest BCUT2D eigenvalue weighted by atomic mass is 10.0. The average molecular weight is 441 g/mol. The lowest BCUT2D eigenvalue weighted by molar-refractivity contribution is -0.134. The lowest BCUT2D eigenvalue weighted by Crippen LogP contribution is -2.13. The Morgan fingerprint density at radius 3 is 2.23 bits per heavy atom. The fraction of sp³-hybridized carbons (Fsp3) is 0.708. The smallest absolute Gasteiger partial charge is 0.311 e. The summed E-state index contributed by atoms with van der Waals surface area (Å²) in [5.41, 5.74) is 0. The number of hydrogen-bond donors (Lipinski definition) is 0. The highest BCUT2D eigenvalue weighted by atomic mass is 32.2. The zero-order valence-electron chi connectivity index (χ0n) is 19.0. The number of rotatable bonds is 17. The Bertz CT molecular complexity index is 697. The fourth-order valence-corrected chi connectivity index (χ4v) is 4.27. The molecular weight excluding hydrogens is 400 g/mol. The molecule has 0 saturated carbocycles. The van der Waals surface area contributed by atoms with Crippen molar-refractivity contribution in [2.75, 3.05) is 6.61 Å². The number of benzene rings is 1. The number of ether oxygens (including phenoxy) is 1. The molecule has 0 N–H and O–H groups in total. The van der Waals surface area contributed by atoms with Gasteiger partial charge in [-0.25, -0.2) is 0 Å². The standard InChI is InChI=1S/C24H40O5S/c1-4-5-6-7-8-9-15-20-28-30(26,27)23-18-14-13-17-22(23)29-24(25)19-12-10-11-16-21(2)3/h13-14,17-18,21H,4-12,15-16,19-20H2,1-3H3. The number of carbonyl (C=O) groups excluding carboxylic acids is 1. The van der Waals surface area contributed by atoms with E-state index in [1.165, 1.54) is 37.8 Å². The Hall–Kier alpha value is -1.40. The highest BCUT2D eigenvalue weighted by Gasteiger charge is 2.21. The van der Waals surface area contributed by atoms with Gasteiger partial charge in [0.25, 0.3) is 0 Å². The number of unbranched alkanes of at least 4 members (excludes halogenated alkanes) is 8. The van der Waals surface area contributed by atoms with Crippen LogP contribution >= 0.6 is 0 Å². The van der Waals surface area contributed by atoms with Crippen LogP contribution in [0, 0.1) is 5.92 Å². The van der Waals surface area contributed by atoms with Crippen LogP contribution in [0.4, 0.5) is 0 Å². The van der Waals surface area contributed by atoms with Crippen molar-refractivity contribution in [3.63, 3.8) is 0 Å². The summed E-state index contributed by atoms with van der Waals surface area (Å²) in [5.74, 6) is 0.300. The third kappa shape index (κ3) is 11.7. The molecule has 0 bridgehead atoms. The molecule has 0 atom stereocenters. The maximum absolute atomic E-state index is 12.6. The summed E-state index contributed by atoms with van der Waals surface area (Å²) in [6, 6.07) is 6.18. The Morgan fingerprint density at radius 2 is 1.53 bits per heavy atom. The van der Waals surface area contributed by atoms with Crippen molar-refractivity contribution in [2.24, 2.45) is 5.92 Å². The summed E-state index contributed by atoms with van der Waals surface area (Å²) in [5, 5.41) is 0. The van der Waals surface area contributed by atoms with Gasteiger partial charge in [-0.15, -0.1) is 0 Å². The van der Waals surface area contributed by atoms with Crippen molar-refractivity contribution in [1.29, 1.82) is 0 Å². The van der Waals surface area contributed by atoms with Crippen LogP contribution in [0.15, 0.2) is 29.2 Å². The van der Waals surface area contributed by atoms with Crippen LogP contribution in [0.5, 0.6) is 5.75 Å². The molecule has 0 amide bonds. The van der Waals surface area contributed by atoms with Crippen LogP contribution in [0.2, 0.25) is 0 Å². The van der Waals surface area contributed by atoms with Crippen molar-refractivity contribution in [3.8, 4) is 5.75 Å². The zero-order valence-corrected chi connectivity index (χ0v) is 19.8. The molecule has 0 unspecified atom stereocenters. The first-order chi connectivity index (χ1) is 14.4. The molecule has 5 nitrogen and oxygen atoms in total. The first kappa shape index (κ1) is 26.6.